The predicted octanol–water partition coefficient (Wildman–Crippen LogP) is 3.23. The number of hydrogen-bond acceptors (Lipinski definition) is 2. The van der Waals surface area contributed by atoms with Crippen molar-refractivity contribution in [2.45, 2.75) is 32.1 Å². The Morgan fingerprint density at radius 1 is 1.00 bits per heavy atom. The molecule has 4 N–H and O–H groups in total. The van der Waals surface area contributed by atoms with Crippen LogP contribution in [0, 0.1) is 0 Å². The summed E-state index contributed by atoms with van der Waals surface area (Å²) in [6.45, 7) is 2.04. The van der Waals surface area contributed by atoms with Gasteiger partial charge in [0.2, 0.25) is 0 Å². The SMILES string of the molecule is CC(Cc1ccc(C(F)(F)F)cc1)NC(=O)c1ccc(CNC(N)=O)cc1. The number of primary amides is 1. The maximum atomic E-state index is 12.6. The maximum absolute atomic E-state index is 12.6. The lowest BCUT2D eigenvalue weighted by atomic mass is 10.0. The van der Waals surface area contributed by atoms with Crippen molar-refractivity contribution in [2.24, 2.45) is 5.73 Å². The summed E-state index contributed by atoms with van der Waals surface area (Å²) in [5.74, 6) is -0.288. The van der Waals surface area contributed by atoms with Crippen molar-refractivity contribution in [3.8, 4) is 0 Å². The molecular formula is C19H20F3N3O2. The third-order valence-corrected chi connectivity index (χ3v) is 3.88. The summed E-state index contributed by atoms with van der Waals surface area (Å²) in [7, 11) is 0. The van der Waals surface area contributed by atoms with E-state index in [4.69, 9.17) is 5.73 Å². The van der Waals surface area contributed by atoms with E-state index in [1.165, 1.54) is 12.1 Å². The maximum Gasteiger partial charge on any atom is 0.416 e. The van der Waals surface area contributed by atoms with Crippen LogP contribution in [0.25, 0.3) is 0 Å². The van der Waals surface area contributed by atoms with Crippen molar-refractivity contribution < 1.29 is 22.8 Å². The van der Waals surface area contributed by atoms with E-state index >= 15 is 0 Å². The van der Waals surface area contributed by atoms with Gasteiger partial charge in [0, 0.05) is 18.2 Å². The normalized spacial score (nSPS) is 12.3. The van der Waals surface area contributed by atoms with Crippen molar-refractivity contribution in [1.82, 2.24) is 10.6 Å². The average molecular weight is 379 g/mol. The fourth-order valence-electron chi connectivity index (χ4n) is 2.50. The Labute approximate surface area is 154 Å². The fraction of sp³-hybridized carbons (Fsp3) is 0.263. The Morgan fingerprint density at radius 2 is 1.56 bits per heavy atom. The largest absolute Gasteiger partial charge is 0.416 e. The first-order valence-electron chi connectivity index (χ1n) is 8.24. The molecule has 2 rings (SSSR count). The molecule has 8 heteroatoms. The van der Waals surface area contributed by atoms with E-state index in [0.29, 0.717) is 17.5 Å². The van der Waals surface area contributed by atoms with Gasteiger partial charge in [0.15, 0.2) is 0 Å². The van der Waals surface area contributed by atoms with Crippen molar-refractivity contribution in [3.63, 3.8) is 0 Å². The molecule has 0 fully saturated rings. The first kappa shape index (κ1) is 20.3. The van der Waals surface area contributed by atoms with Crippen LogP contribution in [0.4, 0.5) is 18.0 Å². The molecular weight excluding hydrogens is 359 g/mol. The van der Waals surface area contributed by atoms with Crippen molar-refractivity contribution in [1.29, 1.82) is 0 Å². The smallest absolute Gasteiger partial charge is 0.352 e. The third kappa shape index (κ3) is 6.32. The van der Waals surface area contributed by atoms with Crippen molar-refractivity contribution >= 4 is 11.9 Å². The minimum Gasteiger partial charge on any atom is -0.352 e. The van der Waals surface area contributed by atoms with E-state index in [-0.39, 0.29) is 18.5 Å². The monoisotopic (exact) mass is 379 g/mol. The summed E-state index contributed by atoms with van der Waals surface area (Å²) in [5.41, 5.74) is 6.23. The predicted molar refractivity (Wildman–Crippen MR) is 94.9 cm³/mol. The highest BCUT2D eigenvalue weighted by Crippen LogP contribution is 2.29. The highest BCUT2D eigenvalue weighted by molar-refractivity contribution is 5.94. The molecule has 5 nitrogen and oxygen atoms in total. The van der Waals surface area contributed by atoms with E-state index in [0.717, 1.165) is 17.7 Å². The van der Waals surface area contributed by atoms with Crippen LogP contribution in [0.1, 0.15) is 34.0 Å². The minimum atomic E-state index is -4.36. The molecule has 2 aromatic rings. The lowest BCUT2D eigenvalue weighted by Crippen LogP contribution is -2.34. The van der Waals surface area contributed by atoms with Gasteiger partial charge in [0.1, 0.15) is 0 Å². The molecule has 0 saturated heterocycles. The van der Waals surface area contributed by atoms with Gasteiger partial charge in [0.05, 0.1) is 5.56 Å². The molecule has 0 bridgehead atoms. The molecule has 0 radical (unpaired) electrons. The van der Waals surface area contributed by atoms with E-state index in [1.54, 1.807) is 31.2 Å². The number of nitrogens with two attached hydrogens (primary N) is 1. The van der Waals surface area contributed by atoms with Gasteiger partial charge in [-0.05, 0) is 48.7 Å². The van der Waals surface area contributed by atoms with E-state index < -0.39 is 17.8 Å². The van der Waals surface area contributed by atoms with Crippen LogP contribution in [0.2, 0.25) is 0 Å². The highest BCUT2D eigenvalue weighted by Gasteiger charge is 2.29. The topological polar surface area (TPSA) is 84.2 Å². The van der Waals surface area contributed by atoms with Gasteiger partial charge >= 0.3 is 12.2 Å². The minimum absolute atomic E-state index is 0.259. The Balaban J connectivity index is 1.90. The van der Waals surface area contributed by atoms with Gasteiger partial charge in [-0.2, -0.15) is 13.2 Å². The number of rotatable bonds is 6. The van der Waals surface area contributed by atoms with Crippen molar-refractivity contribution in [2.75, 3.05) is 0 Å². The summed E-state index contributed by atoms with van der Waals surface area (Å²) in [6.07, 6.45) is -3.96. The lowest BCUT2D eigenvalue weighted by Gasteiger charge is -2.15. The number of nitrogens with one attached hydrogen (secondary N) is 2. The molecule has 0 saturated carbocycles. The molecule has 1 atom stereocenters. The molecule has 27 heavy (non-hydrogen) atoms. The van der Waals surface area contributed by atoms with Gasteiger partial charge < -0.3 is 16.4 Å². The summed E-state index contributed by atoms with van der Waals surface area (Å²) in [5, 5.41) is 5.26. The second-order valence-corrected chi connectivity index (χ2v) is 6.19. The fourth-order valence-corrected chi connectivity index (χ4v) is 2.50. The number of hydrogen-bond donors (Lipinski definition) is 3. The number of benzene rings is 2. The van der Waals surface area contributed by atoms with Crippen LogP contribution in [-0.4, -0.2) is 18.0 Å². The van der Waals surface area contributed by atoms with Gasteiger partial charge in [-0.25, -0.2) is 4.79 Å². The molecule has 144 valence electrons. The number of urea groups is 1. The summed E-state index contributed by atoms with van der Waals surface area (Å²) < 4.78 is 37.7. The zero-order valence-electron chi connectivity index (χ0n) is 14.6. The van der Waals surface area contributed by atoms with Crippen LogP contribution >= 0.6 is 0 Å². The first-order chi connectivity index (χ1) is 12.6. The number of carbonyl (C=O) groups excluding carboxylic acids is 2. The van der Waals surface area contributed by atoms with E-state index in [9.17, 15) is 22.8 Å². The Bertz CT molecular complexity index is 787. The number of carbonyl (C=O) groups is 2. The number of halogens is 3. The van der Waals surface area contributed by atoms with E-state index in [2.05, 4.69) is 10.6 Å². The molecule has 3 amide bonds. The second-order valence-electron chi connectivity index (χ2n) is 6.19. The molecule has 0 heterocycles. The van der Waals surface area contributed by atoms with Crippen LogP contribution in [0.15, 0.2) is 48.5 Å². The summed E-state index contributed by atoms with van der Waals surface area (Å²) in [4.78, 5) is 22.9. The van der Waals surface area contributed by atoms with Crippen LogP contribution in [0.3, 0.4) is 0 Å². The quantitative estimate of drug-likeness (QED) is 0.720. The van der Waals surface area contributed by atoms with Crippen LogP contribution < -0.4 is 16.4 Å². The molecule has 0 aromatic heterocycles. The van der Waals surface area contributed by atoms with Gasteiger partial charge in [-0.3, -0.25) is 4.79 Å². The average Bonchev–Trinajstić information content (AvgIpc) is 2.60. The number of amides is 3. The molecule has 0 aliphatic rings. The van der Waals surface area contributed by atoms with Gasteiger partial charge in [0.25, 0.3) is 5.91 Å². The zero-order chi connectivity index (χ0) is 20.0. The first-order valence-corrected chi connectivity index (χ1v) is 8.24. The zero-order valence-corrected chi connectivity index (χ0v) is 14.6. The molecule has 0 spiro atoms. The standard InChI is InChI=1S/C19H20F3N3O2/c1-12(10-13-4-8-16(9-5-13)19(20,21)22)25-17(26)15-6-2-14(3-7-15)11-24-18(23)27/h2-9,12H,10-11H2,1H3,(H,25,26)(H3,23,24,27). The Kier molecular flexibility index (Phi) is 6.44. The van der Waals surface area contributed by atoms with Gasteiger partial charge in [-0.1, -0.05) is 24.3 Å². The highest BCUT2D eigenvalue weighted by atomic mass is 19.4. The Hall–Kier alpha value is -3.03. The molecule has 1 unspecified atom stereocenters. The third-order valence-electron chi connectivity index (χ3n) is 3.88. The van der Waals surface area contributed by atoms with E-state index in [1.807, 2.05) is 0 Å². The molecule has 0 aliphatic heterocycles. The molecule has 0 aliphatic carbocycles. The van der Waals surface area contributed by atoms with Crippen molar-refractivity contribution in [3.05, 3.63) is 70.8 Å². The second kappa shape index (κ2) is 8.57. The number of alkyl halides is 3. The van der Waals surface area contributed by atoms with Gasteiger partial charge in [-0.15, -0.1) is 0 Å². The summed E-state index contributed by atoms with van der Waals surface area (Å²) in [6, 6.07) is 10.6. The molecule has 2 aromatic carbocycles. The summed E-state index contributed by atoms with van der Waals surface area (Å²) >= 11 is 0. The van der Waals surface area contributed by atoms with Crippen LogP contribution in [-0.2, 0) is 19.1 Å². The lowest BCUT2D eigenvalue weighted by molar-refractivity contribution is -0.137. The Morgan fingerprint density at radius 3 is 2.07 bits per heavy atom. The van der Waals surface area contributed by atoms with Crippen LogP contribution in [0.5, 0.6) is 0 Å².